The number of nitrogens with zero attached hydrogens (tertiary/aromatic N) is 1. The Morgan fingerprint density at radius 3 is 2.52 bits per heavy atom. The van der Waals surface area contributed by atoms with Gasteiger partial charge in [0.25, 0.3) is 0 Å². The minimum absolute atomic E-state index is 0.356. The standard InChI is InChI=1S/C24H25NO3S.C2H6/c1-3-16(13-19-9-6-8-17-7-4-5-10-20(17)19)22(18-11-12-18)23-25(15-26)21(14-29-23)24(27)28-2;1-2/h3-10,15,18,21H,11-14H2,1-2H3;1-2H3/b16-3-,23-22-;. The molecule has 2 aliphatic rings. The van der Waals surface area contributed by atoms with Gasteiger partial charge in [0.1, 0.15) is 6.04 Å². The number of amides is 1. The number of carbonyl (C=O) groups is 2. The fraction of sp³-hybridized carbons (Fsp3) is 0.385. The summed E-state index contributed by atoms with van der Waals surface area (Å²) in [4.78, 5) is 25.6. The Labute approximate surface area is 189 Å². The number of hydrogen-bond acceptors (Lipinski definition) is 4. The zero-order chi connectivity index (χ0) is 22.4. The predicted molar refractivity (Wildman–Crippen MR) is 129 cm³/mol. The van der Waals surface area contributed by atoms with Gasteiger partial charge in [-0.15, -0.1) is 11.8 Å². The molecule has 0 radical (unpaired) electrons. The third-order valence-corrected chi connectivity index (χ3v) is 6.89. The van der Waals surface area contributed by atoms with Crippen molar-refractivity contribution in [3.05, 3.63) is 70.3 Å². The van der Waals surface area contributed by atoms with Gasteiger partial charge in [-0.2, -0.15) is 0 Å². The highest BCUT2D eigenvalue weighted by Gasteiger charge is 2.40. The number of hydrogen-bond donors (Lipinski definition) is 0. The van der Waals surface area contributed by atoms with Crippen molar-refractivity contribution in [1.82, 2.24) is 4.90 Å². The van der Waals surface area contributed by atoms with Gasteiger partial charge in [-0.3, -0.25) is 9.69 Å². The molecule has 1 unspecified atom stereocenters. The van der Waals surface area contributed by atoms with Crippen molar-refractivity contribution in [2.24, 2.45) is 5.92 Å². The molecule has 31 heavy (non-hydrogen) atoms. The number of allylic oxidation sites excluding steroid dienone is 3. The minimum Gasteiger partial charge on any atom is -0.467 e. The number of methoxy groups -OCH3 is 1. The van der Waals surface area contributed by atoms with E-state index in [1.807, 2.05) is 13.8 Å². The lowest BCUT2D eigenvalue weighted by atomic mass is 9.92. The van der Waals surface area contributed by atoms with Crippen LogP contribution < -0.4 is 0 Å². The van der Waals surface area contributed by atoms with Gasteiger partial charge >= 0.3 is 5.97 Å². The van der Waals surface area contributed by atoms with Crippen molar-refractivity contribution in [2.75, 3.05) is 12.9 Å². The number of thioether (sulfide) groups is 1. The van der Waals surface area contributed by atoms with E-state index in [9.17, 15) is 9.59 Å². The van der Waals surface area contributed by atoms with Crippen LogP contribution in [-0.4, -0.2) is 36.2 Å². The van der Waals surface area contributed by atoms with Gasteiger partial charge in [-0.25, -0.2) is 4.79 Å². The zero-order valence-electron chi connectivity index (χ0n) is 18.8. The average molecular weight is 438 g/mol. The van der Waals surface area contributed by atoms with E-state index in [1.165, 1.54) is 34.6 Å². The molecule has 2 fully saturated rings. The van der Waals surface area contributed by atoms with Crippen molar-refractivity contribution >= 4 is 34.9 Å². The summed E-state index contributed by atoms with van der Waals surface area (Å²) in [5.41, 5.74) is 3.74. The second-order valence-electron chi connectivity index (χ2n) is 7.48. The number of fused-ring (bicyclic) bond motifs is 1. The highest BCUT2D eigenvalue weighted by atomic mass is 32.2. The van der Waals surface area contributed by atoms with Crippen molar-refractivity contribution < 1.29 is 14.3 Å². The Balaban J connectivity index is 0.00000132. The molecule has 1 saturated heterocycles. The van der Waals surface area contributed by atoms with Crippen LogP contribution in [0.1, 0.15) is 39.2 Å². The van der Waals surface area contributed by atoms with Gasteiger partial charge in [0.15, 0.2) is 0 Å². The summed E-state index contributed by atoms with van der Waals surface area (Å²) in [5, 5.41) is 3.41. The molecule has 1 aliphatic heterocycles. The number of rotatable bonds is 6. The first-order chi connectivity index (χ1) is 15.2. The molecule has 2 aromatic rings. The summed E-state index contributed by atoms with van der Waals surface area (Å²) in [5.74, 6) is 0.644. The highest BCUT2D eigenvalue weighted by molar-refractivity contribution is 8.03. The third-order valence-electron chi connectivity index (χ3n) is 5.71. The Hall–Kier alpha value is -2.53. The van der Waals surface area contributed by atoms with Gasteiger partial charge in [0.05, 0.1) is 12.1 Å². The van der Waals surface area contributed by atoms with Gasteiger partial charge in [0, 0.05) is 5.75 Å². The summed E-state index contributed by atoms with van der Waals surface area (Å²) >= 11 is 1.59. The van der Waals surface area contributed by atoms with E-state index < -0.39 is 6.04 Å². The molecule has 0 aromatic heterocycles. The lowest BCUT2D eigenvalue weighted by Gasteiger charge is -2.22. The quantitative estimate of drug-likeness (QED) is 0.428. The van der Waals surface area contributed by atoms with E-state index in [0.717, 1.165) is 30.7 Å². The van der Waals surface area contributed by atoms with Crippen LogP contribution in [0.25, 0.3) is 10.8 Å². The molecule has 1 saturated carbocycles. The number of ether oxygens (including phenoxy) is 1. The normalized spacial score (nSPS) is 20.2. The third kappa shape index (κ3) is 4.87. The molecule has 1 atom stereocenters. The summed E-state index contributed by atoms with van der Waals surface area (Å²) in [6, 6.07) is 14.3. The summed E-state index contributed by atoms with van der Waals surface area (Å²) in [6.07, 6.45) is 6.01. The number of benzene rings is 2. The monoisotopic (exact) mass is 437 g/mol. The first-order valence-corrected chi connectivity index (χ1v) is 12.0. The van der Waals surface area contributed by atoms with E-state index in [0.29, 0.717) is 11.7 Å². The summed E-state index contributed by atoms with van der Waals surface area (Å²) in [7, 11) is 1.37. The fourth-order valence-electron chi connectivity index (χ4n) is 4.06. The Bertz CT molecular complexity index is 1000. The fourth-order valence-corrected chi connectivity index (χ4v) is 5.45. The van der Waals surface area contributed by atoms with Gasteiger partial charge in [-0.1, -0.05) is 62.4 Å². The lowest BCUT2D eigenvalue weighted by Crippen LogP contribution is -2.37. The molecular formula is C26H31NO3S. The molecule has 1 heterocycles. The second kappa shape index (κ2) is 10.7. The van der Waals surface area contributed by atoms with Crippen molar-refractivity contribution in [3.8, 4) is 0 Å². The zero-order valence-corrected chi connectivity index (χ0v) is 19.6. The van der Waals surface area contributed by atoms with Crippen molar-refractivity contribution in [3.63, 3.8) is 0 Å². The van der Waals surface area contributed by atoms with Crippen LogP contribution in [0.15, 0.2) is 64.7 Å². The molecule has 0 spiro atoms. The molecule has 4 nitrogen and oxygen atoms in total. The van der Waals surface area contributed by atoms with Gasteiger partial charge in [0.2, 0.25) is 6.41 Å². The van der Waals surface area contributed by atoms with Crippen LogP contribution in [0.5, 0.6) is 0 Å². The lowest BCUT2D eigenvalue weighted by molar-refractivity contribution is -0.146. The van der Waals surface area contributed by atoms with E-state index in [2.05, 4.69) is 55.5 Å². The molecule has 4 rings (SSSR count). The minimum atomic E-state index is -0.540. The molecule has 5 heteroatoms. The van der Waals surface area contributed by atoms with Crippen LogP contribution in [0.2, 0.25) is 0 Å². The Morgan fingerprint density at radius 2 is 1.87 bits per heavy atom. The average Bonchev–Trinajstić information content (AvgIpc) is 3.57. The van der Waals surface area contributed by atoms with Crippen LogP contribution in [-0.2, 0) is 20.7 Å². The van der Waals surface area contributed by atoms with Crippen molar-refractivity contribution in [1.29, 1.82) is 0 Å². The Kier molecular flexibility index (Phi) is 7.97. The van der Waals surface area contributed by atoms with E-state index in [4.69, 9.17) is 4.74 Å². The Morgan fingerprint density at radius 1 is 1.16 bits per heavy atom. The maximum atomic E-state index is 12.1. The topological polar surface area (TPSA) is 46.6 Å². The number of esters is 1. The van der Waals surface area contributed by atoms with Crippen LogP contribution in [0, 0.1) is 5.92 Å². The largest absolute Gasteiger partial charge is 0.467 e. The molecule has 1 amide bonds. The number of carbonyl (C=O) groups excluding carboxylic acids is 2. The first kappa shape index (κ1) is 23.1. The maximum absolute atomic E-state index is 12.1. The molecule has 0 N–H and O–H groups in total. The van der Waals surface area contributed by atoms with Crippen molar-refractivity contribution in [2.45, 2.75) is 46.1 Å². The van der Waals surface area contributed by atoms with Gasteiger partial charge in [-0.05, 0) is 59.6 Å². The van der Waals surface area contributed by atoms with E-state index in [-0.39, 0.29) is 5.97 Å². The van der Waals surface area contributed by atoms with Crippen LogP contribution in [0.3, 0.4) is 0 Å². The second-order valence-corrected chi connectivity index (χ2v) is 8.49. The molecule has 1 aliphatic carbocycles. The molecular weight excluding hydrogens is 406 g/mol. The smallest absolute Gasteiger partial charge is 0.329 e. The summed E-state index contributed by atoms with van der Waals surface area (Å²) < 4.78 is 4.91. The van der Waals surface area contributed by atoms with E-state index >= 15 is 0 Å². The molecule has 0 bridgehead atoms. The summed E-state index contributed by atoms with van der Waals surface area (Å²) in [6.45, 7) is 6.06. The predicted octanol–water partition coefficient (Wildman–Crippen LogP) is 5.72. The maximum Gasteiger partial charge on any atom is 0.329 e. The van der Waals surface area contributed by atoms with Crippen LogP contribution >= 0.6 is 11.8 Å². The molecule has 2 aromatic carbocycles. The van der Waals surface area contributed by atoms with Crippen LogP contribution in [0.4, 0.5) is 0 Å². The SMILES string of the molecule is C/C=C(Cc1cccc2ccccc12)\C(=C1\SCC(C(=O)OC)N1C=O)C1CC1.CC. The first-order valence-electron chi connectivity index (χ1n) is 11.0. The van der Waals surface area contributed by atoms with Gasteiger partial charge < -0.3 is 4.74 Å². The highest BCUT2D eigenvalue weighted by Crippen LogP contribution is 2.48. The molecule has 164 valence electrons. The van der Waals surface area contributed by atoms with E-state index in [1.54, 1.807) is 16.7 Å².